The van der Waals surface area contributed by atoms with Crippen LogP contribution in [0.2, 0.25) is 0 Å². The number of hydrogen-bond acceptors (Lipinski definition) is 2. The smallest absolute Gasteiger partial charge is 0.130 e. The topological polar surface area (TPSA) is 26.3 Å². The lowest BCUT2D eigenvalue weighted by molar-refractivity contribution is -0.109. The van der Waals surface area contributed by atoms with E-state index in [0.29, 0.717) is 6.61 Å². The first-order valence-electron chi connectivity index (χ1n) is 6.41. The van der Waals surface area contributed by atoms with Crippen LogP contribution in [0.1, 0.15) is 22.6 Å². The van der Waals surface area contributed by atoms with Gasteiger partial charge in [-0.3, -0.25) is 0 Å². The molecule has 2 rings (SSSR count). The Morgan fingerprint density at radius 3 is 2.53 bits per heavy atom. The molecular weight excluding hydrogens is 236 g/mol. The summed E-state index contributed by atoms with van der Waals surface area (Å²) in [6, 6.07) is 15.8. The quantitative estimate of drug-likeness (QED) is 0.761. The molecule has 0 fully saturated rings. The third-order valence-corrected chi connectivity index (χ3v) is 3.15. The van der Waals surface area contributed by atoms with E-state index in [9.17, 15) is 4.79 Å². The molecule has 0 radical (unpaired) electrons. The molecule has 0 aliphatic carbocycles. The SMILES string of the molecule is Cc1ccc(C)c(OCC(C=O)c2ccccc2)c1. The van der Waals surface area contributed by atoms with Gasteiger partial charge in [-0.1, -0.05) is 42.5 Å². The number of carbonyl (C=O) groups is 1. The summed E-state index contributed by atoms with van der Waals surface area (Å²) in [5, 5.41) is 0. The third kappa shape index (κ3) is 3.44. The summed E-state index contributed by atoms with van der Waals surface area (Å²) in [6.07, 6.45) is 0.945. The van der Waals surface area contributed by atoms with Gasteiger partial charge in [-0.15, -0.1) is 0 Å². The lowest BCUT2D eigenvalue weighted by Crippen LogP contribution is -2.12. The summed E-state index contributed by atoms with van der Waals surface area (Å²) in [4.78, 5) is 11.2. The van der Waals surface area contributed by atoms with Crippen LogP contribution in [0.25, 0.3) is 0 Å². The summed E-state index contributed by atoms with van der Waals surface area (Å²) >= 11 is 0. The van der Waals surface area contributed by atoms with Gasteiger partial charge >= 0.3 is 0 Å². The minimum atomic E-state index is -0.221. The molecular formula is C17H18O2. The average molecular weight is 254 g/mol. The highest BCUT2D eigenvalue weighted by atomic mass is 16.5. The molecule has 1 atom stereocenters. The van der Waals surface area contributed by atoms with Crippen LogP contribution in [0.5, 0.6) is 5.75 Å². The third-order valence-electron chi connectivity index (χ3n) is 3.15. The molecule has 0 aliphatic heterocycles. The molecule has 0 aliphatic rings. The fourth-order valence-corrected chi connectivity index (χ4v) is 1.96. The van der Waals surface area contributed by atoms with Crippen molar-refractivity contribution in [2.75, 3.05) is 6.61 Å². The van der Waals surface area contributed by atoms with Crippen LogP contribution in [0.15, 0.2) is 48.5 Å². The maximum absolute atomic E-state index is 11.2. The second-order valence-corrected chi connectivity index (χ2v) is 4.73. The molecule has 98 valence electrons. The van der Waals surface area contributed by atoms with Gasteiger partial charge in [0.1, 0.15) is 18.6 Å². The number of aldehydes is 1. The van der Waals surface area contributed by atoms with Gasteiger partial charge < -0.3 is 9.53 Å². The summed E-state index contributed by atoms with van der Waals surface area (Å²) < 4.78 is 5.79. The average Bonchev–Trinajstić information content (AvgIpc) is 2.44. The van der Waals surface area contributed by atoms with Gasteiger partial charge in [0, 0.05) is 0 Å². The molecule has 0 amide bonds. The van der Waals surface area contributed by atoms with Gasteiger partial charge in [-0.05, 0) is 36.6 Å². The summed E-state index contributed by atoms with van der Waals surface area (Å²) in [7, 11) is 0. The van der Waals surface area contributed by atoms with Gasteiger partial charge in [0.05, 0.1) is 5.92 Å². The molecule has 0 saturated carbocycles. The molecule has 2 nitrogen and oxygen atoms in total. The highest BCUT2D eigenvalue weighted by molar-refractivity contribution is 5.62. The van der Waals surface area contributed by atoms with Crippen molar-refractivity contribution >= 4 is 6.29 Å². The molecule has 2 aromatic rings. The van der Waals surface area contributed by atoms with Crippen LogP contribution in [0, 0.1) is 13.8 Å². The highest BCUT2D eigenvalue weighted by Gasteiger charge is 2.11. The molecule has 0 N–H and O–H groups in total. The lowest BCUT2D eigenvalue weighted by Gasteiger charge is -2.14. The number of rotatable bonds is 5. The summed E-state index contributed by atoms with van der Waals surface area (Å²) in [5.74, 6) is 0.629. The molecule has 0 spiro atoms. The minimum absolute atomic E-state index is 0.221. The Hall–Kier alpha value is -2.09. The molecule has 0 saturated heterocycles. The molecule has 0 bridgehead atoms. The van der Waals surface area contributed by atoms with Crippen molar-refractivity contribution < 1.29 is 9.53 Å². The van der Waals surface area contributed by atoms with Crippen LogP contribution >= 0.6 is 0 Å². The zero-order valence-electron chi connectivity index (χ0n) is 11.3. The predicted octanol–water partition coefficient (Wildman–Crippen LogP) is 3.66. The molecule has 0 aromatic heterocycles. The molecule has 19 heavy (non-hydrogen) atoms. The van der Waals surface area contributed by atoms with Crippen LogP contribution in [-0.2, 0) is 4.79 Å². The molecule has 1 unspecified atom stereocenters. The Balaban J connectivity index is 2.08. The Bertz CT molecular complexity index is 546. The van der Waals surface area contributed by atoms with E-state index in [1.54, 1.807) is 0 Å². The van der Waals surface area contributed by atoms with Crippen molar-refractivity contribution in [3.63, 3.8) is 0 Å². The van der Waals surface area contributed by atoms with Crippen molar-refractivity contribution in [1.29, 1.82) is 0 Å². The zero-order chi connectivity index (χ0) is 13.7. The van der Waals surface area contributed by atoms with E-state index < -0.39 is 0 Å². The number of aryl methyl sites for hydroxylation is 2. The Kier molecular flexibility index (Phi) is 4.35. The first kappa shape index (κ1) is 13.3. The number of benzene rings is 2. The maximum Gasteiger partial charge on any atom is 0.130 e. The Labute approximate surface area is 114 Å². The van der Waals surface area contributed by atoms with Gasteiger partial charge in [-0.25, -0.2) is 0 Å². The van der Waals surface area contributed by atoms with Crippen molar-refractivity contribution in [3.8, 4) is 5.75 Å². The maximum atomic E-state index is 11.2. The van der Waals surface area contributed by atoms with Crippen molar-refractivity contribution in [1.82, 2.24) is 0 Å². The fourth-order valence-electron chi connectivity index (χ4n) is 1.96. The van der Waals surface area contributed by atoms with E-state index in [2.05, 4.69) is 6.07 Å². The zero-order valence-corrected chi connectivity index (χ0v) is 11.3. The van der Waals surface area contributed by atoms with Crippen molar-refractivity contribution in [2.24, 2.45) is 0 Å². The number of carbonyl (C=O) groups excluding carboxylic acids is 1. The van der Waals surface area contributed by atoms with E-state index in [-0.39, 0.29) is 5.92 Å². The predicted molar refractivity (Wildman–Crippen MR) is 76.7 cm³/mol. The first-order valence-corrected chi connectivity index (χ1v) is 6.41. The van der Waals surface area contributed by atoms with Crippen molar-refractivity contribution in [3.05, 3.63) is 65.2 Å². The van der Waals surface area contributed by atoms with E-state index >= 15 is 0 Å². The van der Waals surface area contributed by atoms with E-state index in [4.69, 9.17) is 4.74 Å². The minimum Gasteiger partial charge on any atom is -0.492 e. The molecule has 2 aromatic carbocycles. The Morgan fingerprint density at radius 2 is 1.84 bits per heavy atom. The first-order chi connectivity index (χ1) is 9.20. The normalized spacial score (nSPS) is 11.9. The van der Waals surface area contributed by atoms with Crippen LogP contribution in [-0.4, -0.2) is 12.9 Å². The second-order valence-electron chi connectivity index (χ2n) is 4.73. The van der Waals surface area contributed by atoms with Crippen LogP contribution < -0.4 is 4.74 Å². The van der Waals surface area contributed by atoms with Crippen LogP contribution in [0.4, 0.5) is 0 Å². The van der Waals surface area contributed by atoms with Crippen molar-refractivity contribution in [2.45, 2.75) is 19.8 Å². The largest absolute Gasteiger partial charge is 0.492 e. The van der Waals surface area contributed by atoms with Gasteiger partial charge in [0.25, 0.3) is 0 Å². The van der Waals surface area contributed by atoms with E-state index in [1.165, 1.54) is 0 Å². The van der Waals surface area contributed by atoms with Gasteiger partial charge in [0.2, 0.25) is 0 Å². The summed E-state index contributed by atoms with van der Waals surface area (Å²) in [6.45, 7) is 4.41. The van der Waals surface area contributed by atoms with E-state index in [0.717, 1.165) is 28.7 Å². The lowest BCUT2D eigenvalue weighted by atomic mass is 10.0. The Morgan fingerprint density at radius 1 is 1.11 bits per heavy atom. The highest BCUT2D eigenvalue weighted by Crippen LogP contribution is 2.21. The molecule has 0 heterocycles. The molecule has 2 heteroatoms. The fraction of sp³-hybridized carbons (Fsp3) is 0.235. The standard InChI is InChI=1S/C17H18O2/c1-13-8-9-14(2)17(10-13)19-12-16(11-18)15-6-4-3-5-7-15/h3-11,16H,12H2,1-2H3. The number of ether oxygens (including phenoxy) is 1. The van der Waals surface area contributed by atoms with E-state index in [1.807, 2.05) is 56.3 Å². The summed E-state index contributed by atoms with van der Waals surface area (Å²) in [5.41, 5.74) is 3.23. The second kappa shape index (κ2) is 6.19. The van der Waals surface area contributed by atoms with Crippen LogP contribution in [0.3, 0.4) is 0 Å². The van der Waals surface area contributed by atoms with Gasteiger partial charge in [-0.2, -0.15) is 0 Å². The monoisotopic (exact) mass is 254 g/mol. The van der Waals surface area contributed by atoms with Gasteiger partial charge in [0.15, 0.2) is 0 Å². The number of hydrogen-bond donors (Lipinski definition) is 0.